The van der Waals surface area contributed by atoms with E-state index in [1.807, 2.05) is 25.1 Å². The van der Waals surface area contributed by atoms with Crippen molar-refractivity contribution in [3.05, 3.63) is 29.3 Å². The Kier molecular flexibility index (Phi) is 4.38. The normalized spacial score (nSPS) is 18.0. The highest BCUT2D eigenvalue weighted by Crippen LogP contribution is 2.21. The van der Waals surface area contributed by atoms with E-state index in [1.54, 1.807) is 0 Å². The smallest absolute Gasteiger partial charge is 0.211 e. The lowest BCUT2D eigenvalue weighted by atomic mass is 10.1. The van der Waals surface area contributed by atoms with Gasteiger partial charge in [-0.3, -0.25) is 0 Å². The summed E-state index contributed by atoms with van der Waals surface area (Å²) in [4.78, 5) is 2.13. The lowest BCUT2D eigenvalue weighted by Crippen LogP contribution is -2.48. The molecule has 0 aromatic heterocycles. The second-order valence-corrected chi connectivity index (χ2v) is 7.12. The molecule has 8 heteroatoms. The molecule has 1 fully saturated rings. The number of nitrogens with two attached hydrogens (primary N) is 1. The molecule has 21 heavy (non-hydrogen) atoms. The van der Waals surface area contributed by atoms with Crippen molar-refractivity contribution in [3.8, 4) is 0 Å². The Balaban J connectivity index is 2.13. The molecule has 0 radical (unpaired) electrons. The number of oxime groups is 1. The minimum absolute atomic E-state index is 0.0842. The minimum atomic E-state index is -3.11. The highest BCUT2D eigenvalue weighted by Gasteiger charge is 2.23. The Hall–Kier alpha value is -1.80. The van der Waals surface area contributed by atoms with Crippen LogP contribution in [-0.2, 0) is 10.0 Å². The summed E-state index contributed by atoms with van der Waals surface area (Å²) in [5.41, 5.74) is 8.21. The predicted octanol–water partition coefficient (Wildman–Crippen LogP) is 0.171. The maximum Gasteiger partial charge on any atom is 0.211 e. The molecule has 1 aromatic carbocycles. The average molecular weight is 312 g/mol. The van der Waals surface area contributed by atoms with Crippen molar-refractivity contribution in [2.75, 3.05) is 37.3 Å². The molecule has 1 aliphatic rings. The van der Waals surface area contributed by atoms with Crippen LogP contribution in [0, 0.1) is 6.92 Å². The first kappa shape index (κ1) is 15.6. The van der Waals surface area contributed by atoms with Gasteiger partial charge in [0.2, 0.25) is 10.0 Å². The third-order valence-corrected chi connectivity index (χ3v) is 4.97. The van der Waals surface area contributed by atoms with Crippen molar-refractivity contribution in [2.24, 2.45) is 10.9 Å². The quantitative estimate of drug-likeness (QED) is 0.359. The molecule has 0 aliphatic carbocycles. The summed E-state index contributed by atoms with van der Waals surface area (Å²) in [5.74, 6) is 0.0842. The van der Waals surface area contributed by atoms with Gasteiger partial charge in [-0.05, 0) is 30.7 Å². The SMILES string of the molecule is Cc1cc(N2CCN(S(C)(=O)=O)CC2)ccc1/C(N)=N/O. The fourth-order valence-electron chi connectivity index (χ4n) is 2.46. The summed E-state index contributed by atoms with van der Waals surface area (Å²) in [7, 11) is -3.11. The summed E-state index contributed by atoms with van der Waals surface area (Å²) in [6.07, 6.45) is 1.23. The highest BCUT2D eigenvalue weighted by atomic mass is 32.2. The zero-order valence-corrected chi connectivity index (χ0v) is 13.0. The topological polar surface area (TPSA) is 99.2 Å². The Bertz CT molecular complexity index is 649. The van der Waals surface area contributed by atoms with E-state index in [9.17, 15) is 8.42 Å². The summed E-state index contributed by atoms with van der Waals surface area (Å²) in [6, 6.07) is 5.67. The van der Waals surface area contributed by atoms with Gasteiger partial charge in [-0.1, -0.05) is 5.16 Å². The molecule has 1 aliphatic heterocycles. The van der Waals surface area contributed by atoms with Crippen LogP contribution in [0.25, 0.3) is 0 Å². The van der Waals surface area contributed by atoms with Gasteiger partial charge in [-0.25, -0.2) is 8.42 Å². The zero-order valence-electron chi connectivity index (χ0n) is 12.2. The summed E-state index contributed by atoms with van der Waals surface area (Å²) in [5, 5.41) is 11.7. The average Bonchev–Trinajstić information content (AvgIpc) is 2.45. The fourth-order valence-corrected chi connectivity index (χ4v) is 3.29. The lowest BCUT2D eigenvalue weighted by Gasteiger charge is -2.35. The standard InChI is InChI=1S/C13H20N4O3S/c1-10-9-11(3-4-12(10)13(14)15-18)16-5-7-17(8-6-16)21(2,19)20/h3-4,9,18H,5-8H2,1-2H3,(H2,14,15). The van der Waals surface area contributed by atoms with E-state index in [4.69, 9.17) is 10.9 Å². The molecule has 1 saturated heterocycles. The van der Waals surface area contributed by atoms with Crippen LogP contribution in [0.2, 0.25) is 0 Å². The van der Waals surface area contributed by atoms with E-state index in [2.05, 4.69) is 10.1 Å². The van der Waals surface area contributed by atoms with Gasteiger partial charge in [0.15, 0.2) is 5.84 Å². The van der Waals surface area contributed by atoms with Gasteiger partial charge in [-0.15, -0.1) is 0 Å². The molecule has 1 aromatic rings. The summed E-state index contributed by atoms with van der Waals surface area (Å²) >= 11 is 0. The van der Waals surface area contributed by atoms with E-state index in [-0.39, 0.29) is 5.84 Å². The number of piperazine rings is 1. The molecule has 1 heterocycles. The van der Waals surface area contributed by atoms with Gasteiger partial charge in [0.05, 0.1) is 6.26 Å². The number of rotatable bonds is 3. The monoisotopic (exact) mass is 312 g/mol. The molecular formula is C13H20N4O3S. The Morgan fingerprint density at radius 1 is 1.29 bits per heavy atom. The number of anilines is 1. The number of amidine groups is 1. The van der Waals surface area contributed by atoms with Crippen LogP contribution in [-0.4, -0.2) is 56.2 Å². The summed E-state index contributed by atoms with van der Waals surface area (Å²) in [6.45, 7) is 4.16. The Morgan fingerprint density at radius 3 is 2.38 bits per heavy atom. The molecule has 0 bridgehead atoms. The maximum absolute atomic E-state index is 11.5. The van der Waals surface area contributed by atoms with Crippen LogP contribution in [0.15, 0.2) is 23.4 Å². The molecular weight excluding hydrogens is 292 g/mol. The molecule has 0 saturated carbocycles. The third-order valence-electron chi connectivity index (χ3n) is 3.67. The molecule has 2 rings (SSSR count). The summed E-state index contributed by atoms with van der Waals surface area (Å²) < 4.78 is 24.5. The van der Waals surface area contributed by atoms with E-state index in [0.29, 0.717) is 31.7 Å². The van der Waals surface area contributed by atoms with Crippen LogP contribution in [0.4, 0.5) is 5.69 Å². The predicted molar refractivity (Wildman–Crippen MR) is 82.3 cm³/mol. The molecule has 0 amide bonds. The largest absolute Gasteiger partial charge is 0.409 e. The van der Waals surface area contributed by atoms with Gasteiger partial charge in [0.1, 0.15) is 0 Å². The number of aryl methyl sites for hydroxylation is 1. The first-order chi connectivity index (χ1) is 9.82. The zero-order chi connectivity index (χ0) is 15.6. The van der Waals surface area contributed by atoms with Crippen molar-refractivity contribution in [1.29, 1.82) is 0 Å². The van der Waals surface area contributed by atoms with Crippen LogP contribution < -0.4 is 10.6 Å². The van der Waals surface area contributed by atoms with Gasteiger partial charge in [-0.2, -0.15) is 4.31 Å². The lowest BCUT2D eigenvalue weighted by molar-refractivity contribution is 0.318. The van der Waals surface area contributed by atoms with E-state index < -0.39 is 10.0 Å². The van der Waals surface area contributed by atoms with Gasteiger partial charge >= 0.3 is 0 Å². The van der Waals surface area contributed by atoms with Crippen molar-refractivity contribution in [3.63, 3.8) is 0 Å². The van der Waals surface area contributed by atoms with Crippen LogP contribution in [0.3, 0.4) is 0 Å². The van der Waals surface area contributed by atoms with Crippen LogP contribution in [0.5, 0.6) is 0 Å². The second-order valence-electron chi connectivity index (χ2n) is 5.13. The third kappa shape index (κ3) is 3.45. The second kappa shape index (κ2) is 5.90. The number of hydrogen-bond donors (Lipinski definition) is 2. The Morgan fingerprint density at radius 2 is 1.90 bits per heavy atom. The first-order valence-electron chi connectivity index (χ1n) is 6.61. The van der Waals surface area contributed by atoms with Gasteiger partial charge in [0, 0.05) is 37.4 Å². The van der Waals surface area contributed by atoms with Crippen molar-refractivity contribution in [1.82, 2.24) is 4.31 Å². The van der Waals surface area contributed by atoms with E-state index in [0.717, 1.165) is 11.3 Å². The van der Waals surface area contributed by atoms with E-state index in [1.165, 1.54) is 10.6 Å². The fraction of sp³-hybridized carbons (Fsp3) is 0.462. The number of sulfonamides is 1. The van der Waals surface area contributed by atoms with Crippen LogP contribution >= 0.6 is 0 Å². The number of nitrogens with zero attached hydrogens (tertiary/aromatic N) is 3. The van der Waals surface area contributed by atoms with Crippen LogP contribution in [0.1, 0.15) is 11.1 Å². The van der Waals surface area contributed by atoms with Gasteiger partial charge in [0.25, 0.3) is 0 Å². The Labute approximate surface area is 124 Å². The maximum atomic E-state index is 11.5. The molecule has 7 nitrogen and oxygen atoms in total. The molecule has 3 N–H and O–H groups in total. The minimum Gasteiger partial charge on any atom is -0.409 e. The van der Waals surface area contributed by atoms with Crippen molar-refractivity contribution in [2.45, 2.75) is 6.92 Å². The van der Waals surface area contributed by atoms with Gasteiger partial charge < -0.3 is 15.8 Å². The van der Waals surface area contributed by atoms with Crippen molar-refractivity contribution < 1.29 is 13.6 Å². The molecule has 0 unspecified atom stereocenters. The van der Waals surface area contributed by atoms with Crippen molar-refractivity contribution >= 4 is 21.5 Å². The molecule has 0 atom stereocenters. The number of benzene rings is 1. The molecule has 0 spiro atoms. The molecule has 116 valence electrons. The highest BCUT2D eigenvalue weighted by molar-refractivity contribution is 7.88. The first-order valence-corrected chi connectivity index (χ1v) is 8.46. The number of hydrogen-bond acceptors (Lipinski definition) is 5. The van der Waals surface area contributed by atoms with E-state index >= 15 is 0 Å².